The Kier molecular flexibility index (Phi) is 7.32. The molecule has 0 radical (unpaired) electrons. The normalized spacial score (nSPS) is 18.1. The number of anilines is 3. The fraction of sp³-hybridized carbons (Fsp3) is 0.500. The Morgan fingerprint density at radius 2 is 2.19 bits per heavy atom. The maximum absolute atomic E-state index is 13.3. The van der Waals surface area contributed by atoms with Crippen molar-refractivity contribution in [1.82, 2.24) is 14.9 Å². The van der Waals surface area contributed by atoms with Crippen LogP contribution in [0.15, 0.2) is 18.3 Å². The highest BCUT2D eigenvalue weighted by molar-refractivity contribution is 6.01. The molecule has 2 N–H and O–H groups in total. The number of methoxy groups -OCH3 is 1. The molecule has 2 aromatic rings. The Hall–Kier alpha value is -3.59. The number of ether oxygens (including phenoxy) is 2. The zero-order chi connectivity index (χ0) is 25.8. The fourth-order valence-corrected chi connectivity index (χ4v) is 5.32. The van der Waals surface area contributed by atoms with E-state index in [0.29, 0.717) is 54.8 Å². The van der Waals surface area contributed by atoms with Gasteiger partial charge >= 0.3 is 6.03 Å². The van der Waals surface area contributed by atoms with Crippen molar-refractivity contribution in [2.75, 3.05) is 62.1 Å². The van der Waals surface area contributed by atoms with Gasteiger partial charge in [-0.05, 0) is 49.4 Å². The molecule has 5 rings (SSSR count). The molecule has 0 bridgehead atoms. The summed E-state index contributed by atoms with van der Waals surface area (Å²) in [6.07, 6.45) is 6.01. The summed E-state index contributed by atoms with van der Waals surface area (Å²) in [6, 6.07) is 5.37. The SMILES string of the molecule is COCCNc1cc(NC(=O)N2CCCc3cc(CN4CCCC45COC5)c(C=O)nc32)ncc1C#N. The molecular weight excluding hydrogens is 474 g/mol. The number of nitriles is 1. The Labute approximate surface area is 215 Å². The van der Waals surface area contributed by atoms with Crippen LogP contribution in [0, 0.1) is 11.3 Å². The van der Waals surface area contributed by atoms with E-state index < -0.39 is 0 Å². The standard InChI is InChI=1S/C26H31N7O4/c1-36-9-6-28-21-11-23(29-13-20(21)12-27)31-25(35)33-8-2-4-18-10-19(22(15-34)30-24(18)33)14-32-7-3-5-26(32)16-37-17-26/h10-11,13,15H,2-9,14,16-17H2,1H3,(H2,28,29,31,35). The number of nitrogens with zero attached hydrogens (tertiary/aromatic N) is 5. The molecule has 2 amide bonds. The molecule has 2 aromatic heterocycles. The first kappa shape index (κ1) is 25.1. The van der Waals surface area contributed by atoms with Gasteiger partial charge in [-0.3, -0.25) is 19.9 Å². The van der Waals surface area contributed by atoms with Crippen LogP contribution in [0.1, 0.15) is 46.4 Å². The van der Waals surface area contributed by atoms with Crippen LogP contribution in [0.3, 0.4) is 0 Å². The van der Waals surface area contributed by atoms with Crippen LogP contribution in [-0.2, 0) is 22.4 Å². The lowest BCUT2D eigenvalue weighted by Crippen LogP contribution is -2.58. The van der Waals surface area contributed by atoms with E-state index >= 15 is 0 Å². The van der Waals surface area contributed by atoms with E-state index in [2.05, 4.69) is 31.6 Å². The van der Waals surface area contributed by atoms with Gasteiger partial charge in [0.1, 0.15) is 23.4 Å². The van der Waals surface area contributed by atoms with Crippen molar-refractivity contribution in [3.63, 3.8) is 0 Å². The summed E-state index contributed by atoms with van der Waals surface area (Å²) >= 11 is 0. The zero-order valence-corrected chi connectivity index (χ0v) is 21.0. The number of hydrogen-bond donors (Lipinski definition) is 2. The van der Waals surface area contributed by atoms with Crippen molar-refractivity contribution in [1.29, 1.82) is 5.26 Å². The van der Waals surface area contributed by atoms with Crippen molar-refractivity contribution < 1.29 is 19.1 Å². The minimum absolute atomic E-state index is 0.0906. The number of carbonyl (C=O) groups is 2. The van der Waals surface area contributed by atoms with E-state index in [1.54, 1.807) is 18.1 Å². The van der Waals surface area contributed by atoms with Crippen molar-refractivity contribution in [3.05, 3.63) is 40.7 Å². The Morgan fingerprint density at radius 1 is 1.32 bits per heavy atom. The van der Waals surface area contributed by atoms with E-state index in [9.17, 15) is 14.9 Å². The lowest BCUT2D eigenvalue weighted by atomic mass is 9.93. The third kappa shape index (κ3) is 5.00. The molecular formula is C26H31N7O4. The predicted molar refractivity (Wildman–Crippen MR) is 137 cm³/mol. The van der Waals surface area contributed by atoms with Gasteiger partial charge in [0.05, 0.1) is 36.6 Å². The number of urea groups is 1. The fourth-order valence-electron chi connectivity index (χ4n) is 5.32. The van der Waals surface area contributed by atoms with Crippen molar-refractivity contribution in [2.24, 2.45) is 0 Å². The number of nitrogens with one attached hydrogen (secondary N) is 2. The van der Waals surface area contributed by atoms with Gasteiger partial charge in [-0.2, -0.15) is 5.26 Å². The Morgan fingerprint density at radius 3 is 2.92 bits per heavy atom. The van der Waals surface area contributed by atoms with Gasteiger partial charge in [-0.1, -0.05) is 0 Å². The third-order valence-electron chi connectivity index (χ3n) is 7.36. The molecule has 194 valence electrons. The predicted octanol–water partition coefficient (Wildman–Crippen LogP) is 2.57. The average molecular weight is 506 g/mol. The molecule has 1 spiro atoms. The first-order chi connectivity index (χ1) is 18.1. The number of fused-ring (bicyclic) bond motifs is 1. The second-order valence-electron chi connectivity index (χ2n) is 9.71. The number of aldehydes is 1. The van der Waals surface area contributed by atoms with E-state index in [0.717, 1.165) is 62.9 Å². The summed E-state index contributed by atoms with van der Waals surface area (Å²) in [5, 5.41) is 15.3. The van der Waals surface area contributed by atoms with Crippen LogP contribution < -0.4 is 15.5 Å². The highest BCUT2D eigenvalue weighted by Gasteiger charge is 2.47. The molecule has 0 aliphatic carbocycles. The molecule has 0 atom stereocenters. The summed E-state index contributed by atoms with van der Waals surface area (Å²) in [5.41, 5.74) is 3.23. The van der Waals surface area contributed by atoms with E-state index in [1.165, 1.54) is 6.20 Å². The molecule has 0 saturated carbocycles. The topological polar surface area (TPSA) is 133 Å². The third-order valence-corrected chi connectivity index (χ3v) is 7.36. The molecule has 0 unspecified atom stereocenters. The minimum atomic E-state index is -0.386. The Balaban J connectivity index is 1.35. The number of aryl methyl sites for hydroxylation is 1. The van der Waals surface area contributed by atoms with Crippen molar-refractivity contribution in [2.45, 2.75) is 37.8 Å². The Bertz CT molecular complexity index is 1220. The molecule has 3 aliphatic heterocycles. The molecule has 2 saturated heterocycles. The minimum Gasteiger partial charge on any atom is -0.383 e. The summed E-state index contributed by atoms with van der Waals surface area (Å²) < 4.78 is 10.6. The number of rotatable bonds is 8. The van der Waals surface area contributed by atoms with Crippen LogP contribution in [-0.4, -0.2) is 79.3 Å². The van der Waals surface area contributed by atoms with Gasteiger partial charge in [0.2, 0.25) is 0 Å². The number of likely N-dealkylation sites (tertiary alicyclic amines) is 1. The lowest BCUT2D eigenvalue weighted by molar-refractivity contribution is -0.125. The number of carbonyl (C=O) groups excluding carboxylic acids is 2. The summed E-state index contributed by atoms with van der Waals surface area (Å²) in [6.45, 7) is 4.56. The van der Waals surface area contributed by atoms with Gasteiger partial charge in [0.25, 0.3) is 0 Å². The monoisotopic (exact) mass is 505 g/mol. The van der Waals surface area contributed by atoms with Gasteiger partial charge in [-0.15, -0.1) is 0 Å². The molecule has 5 heterocycles. The second kappa shape index (κ2) is 10.8. The van der Waals surface area contributed by atoms with Crippen LogP contribution in [0.4, 0.5) is 22.1 Å². The molecule has 2 fully saturated rings. The summed E-state index contributed by atoms with van der Waals surface area (Å²) in [7, 11) is 1.60. The second-order valence-corrected chi connectivity index (χ2v) is 9.71. The summed E-state index contributed by atoms with van der Waals surface area (Å²) in [5.74, 6) is 0.815. The van der Waals surface area contributed by atoms with Crippen LogP contribution in [0.25, 0.3) is 0 Å². The first-order valence-electron chi connectivity index (χ1n) is 12.6. The van der Waals surface area contributed by atoms with Gasteiger partial charge in [-0.25, -0.2) is 14.8 Å². The average Bonchev–Trinajstić information content (AvgIpc) is 3.32. The number of hydrogen-bond acceptors (Lipinski definition) is 9. The van der Waals surface area contributed by atoms with Crippen molar-refractivity contribution >= 4 is 29.6 Å². The van der Waals surface area contributed by atoms with E-state index in [1.807, 2.05) is 6.07 Å². The van der Waals surface area contributed by atoms with Gasteiger partial charge in [0.15, 0.2) is 6.29 Å². The molecule has 37 heavy (non-hydrogen) atoms. The summed E-state index contributed by atoms with van der Waals surface area (Å²) in [4.78, 5) is 38.1. The maximum atomic E-state index is 13.3. The highest BCUT2D eigenvalue weighted by Crippen LogP contribution is 2.38. The van der Waals surface area contributed by atoms with Crippen LogP contribution >= 0.6 is 0 Å². The number of pyridine rings is 2. The molecule has 11 nitrogen and oxygen atoms in total. The van der Waals surface area contributed by atoms with E-state index in [4.69, 9.17) is 9.47 Å². The van der Waals surface area contributed by atoms with Crippen LogP contribution in [0.2, 0.25) is 0 Å². The van der Waals surface area contributed by atoms with Crippen LogP contribution in [0.5, 0.6) is 0 Å². The lowest BCUT2D eigenvalue weighted by Gasteiger charge is -2.45. The first-order valence-corrected chi connectivity index (χ1v) is 12.6. The maximum Gasteiger partial charge on any atom is 0.328 e. The van der Waals surface area contributed by atoms with Gasteiger partial charge in [0, 0.05) is 39.0 Å². The molecule has 3 aliphatic rings. The number of amides is 2. The number of aromatic nitrogens is 2. The highest BCUT2D eigenvalue weighted by atomic mass is 16.5. The van der Waals surface area contributed by atoms with E-state index in [-0.39, 0.29) is 11.6 Å². The largest absolute Gasteiger partial charge is 0.383 e. The zero-order valence-electron chi connectivity index (χ0n) is 21.0. The molecule has 11 heteroatoms. The van der Waals surface area contributed by atoms with Crippen molar-refractivity contribution in [3.8, 4) is 6.07 Å². The molecule has 0 aromatic carbocycles. The van der Waals surface area contributed by atoms with Gasteiger partial charge < -0.3 is 14.8 Å². The quantitative estimate of drug-likeness (QED) is 0.410. The smallest absolute Gasteiger partial charge is 0.328 e.